The maximum absolute atomic E-state index is 12.1. The minimum absolute atomic E-state index is 0.00977. The summed E-state index contributed by atoms with van der Waals surface area (Å²) in [5.41, 5.74) is 1.96. The molecule has 3 nitrogen and oxygen atoms in total. The summed E-state index contributed by atoms with van der Waals surface area (Å²) in [7, 11) is 0. The Hall–Kier alpha value is -2.13. The Morgan fingerprint density at radius 3 is 2.10 bits per heavy atom. The fraction of sp³-hybridized carbons (Fsp3) is 0.176. The zero-order valence-corrected chi connectivity index (χ0v) is 12.4. The van der Waals surface area contributed by atoms with Crippen molar-refractivity contribution in [1.82, 2.24) is 0 Å². The van der Waals surface area contributed by atoms with E-state index in [1.165, 1.54) is 0 Å². The van der Waals surface area contributed by atoms with Gasteiger partial charge in [0.05, 0.1) is 12.2 Å². The minimum atomic E-state index is -0.354. The molecule has 0 bridgehead atoms. The number of hydrogen-bond donors (Lipinski definition) is 0. The molecule has 2 rings (SSSR count). The van der Waals surface area contributed by atoms with Gasteiger partial charge in [0.2, 0.25) is 0 Å². The lowest BCUT2D eigenvalue weighted by atomic mass is 10.0. The fourth-order valence-corrected chi connectivity index (χ4v) is 2.02. The summed E-state index contributed by atoms with van der Waals surface area (Å²) in [6.45, 7) is 2.10. The van der Waals surface area contributed by atoms with Crippen LogP contribution in [0.15, 0.2) is 48.5 Å². The average molecular weight is 303 g/mol. The van der Waals surface area contributed by atoms with Crippen LogP contribution in [-0.4, -0.2) is 18.4 Å². The van der Waals surface area contributed by atoms with E-state index in [2.05, 4.69) is 0 Å². The number of halogens is 1. The van der Waals surface area contributed by atoms with Crippen LogP contribution in [0.25, 0.3) is 0 Å². The van der Waals surface area contributed by atoms with Crippen molar-refractivity contribution in [2.45, 2.75) is 13.3 Å². The monoisotopic (exact) mass is 302 g/mol. The summed E-state index contributed by atoms with van der Waals surface area (Å²) in [6.07, 6.45) is 0.282. The van der Waals surface area contributed by atoms with Crippen LogP contribution in [0.4, 0.5) is 0 Å². The molecule has 0 unspecified atom stereocenters. The number of rotatable bonds is 5. The van der Waals surface area contributed by atoms with Crippen LogP contribution < -0.4 is 0 Å². The highest BCUT2D eigenvalue weighted by molar-refractivity contribution is 6.30. The van der Waals surface area contributed by atoms with E-state index in [1.54, 1.807) is 55.5 Å². The zero-order valence-electron chi connectivity index (χ0n) is 11.6. The van der Waals surface area contributed by atoms with Gasteiger partial charge < -0.3 is 4.74 Å². The number of carbonyl (C=O) groups is 2. The second-order valence-corrected chi connectivity index (χ2v) is 4.96. The van der Waals surface area contributed by atoms with Crippen LogP contribution in [0.3, 0.4) is 0 Å². The van der Waals surface area contributed by atoms with Gasteiger partial charge in [-0.25, -0.2) is 4.79 Å². The van der Waals surface area contributed by atoms with Gasteiger partial charge in [0.25, 0.3) is 0 Å². The number of ether oxygens (including phenoxy) is 1. The molecule has 0 N–H and O–H groups in total. The van der Waals surface area contributed by atoms with Gasteiger partial charge in [-0.1, -0.05) is 23.7 Å². The van der Waals surface area contributed by atoms with Crippen molar-refractivity contribution in [2.24, 2.45) is 0 Å². The van der Waals surface area contributed by atoms with E-state index in [-0.39, 0.29) is 18.2 Å². The van der Waals surface area contributed by atoms with Gasteiger partial charge in [0.15, 0.2) is 5.78 Å². The average Bonchev–Trinajstić information content (AvgIpc) is 2.49. The molecule has 0 saturated carbocycles. The predicted molar refractivity (Wildman–Crippen MR) is 81.9 cm³/mol. The second kappa shape index (κ2) is 7.04. The molecule has 0 aliphatic rings. The summed E-state index contributed by atoms with van der Waals surface area (Å²) in [5, 5.41) is 0.602. The zero-order chi connectivity index (χ0) is 15.2. The highest BCUT2D eigenvalue weighted by Crippen LogP contribution is 2.13. The first-order chi connectivity index (χ1) is 10.1. The third-order valence-electron chi connectivity index (χ3n) is 3.00. The first-order valence-electron chi connectivity index (χ1n) is 6.65. The molecule has 0 radical (unpaired) electrons. The van der Waals surface area contributed by atoms with E-state index in [0.717, 1.165) is 5.56 Å². The maximum atomic E-state index is 12.1. The first-order valence-corrected chi connectivity index (χ1v) is 7.02. The molecule has 0 amide bonds. The Balaban J connectivity index is 2.04. The largest absolute Gasteiger partial charge is 0.462 e. The number of Topliss-reactive ketones (excluding diaryl/α,β-unsaturated/α-hetero) is 1. The molecule has 0 aliphatic heterocycles. The topological polar surface area (TPSA) is 43.4 Å². The Bertz CT molecular complexity index is 630. The Kier molecular flexibility index (Phi) is 5.12. The molecule has 0 fully saturated rings. The van der Waals surface area contributed by atoms with Crippen LogP contribution in [0, 0.1) is 0 Å². The summed E-state index contributed by atoms with van der Waals surface area (Å²) >= 11 is 5.79. The number of hydrogen-bond acceptors (Lipinski definition) is 3. The van der Waals surface area contributed by atoms with E-state index >= 15 is 0 Å². The van der Waals surface area contributed by atoms with Gasteiger partial charge in [0.1, 0.15) is 0 Å². The van der Waals surface area contributed by atoms with Crippen LogP contribution in [-0.2, 0) is 11.2 Å². The van der Waals surface area contributed by atoms with Crippen LogP contribution in [0.5, 0.6) is 0 Å². The van der Waals surface area contributed by atoms with Gasteiger partial charge in [-0.3, -0.25) is 4.79 Å². The Morgan fingerprint density at radius 1 is 0.952 bits per heavy atom. The van der Waals surface area contributed by atoms with E-state index < -0.39 is 0 Å². The van der Waals surface area contributed by atoms with Gasteiger partial charge >= 0.3 is 5.97 Å². The molecule has 0 spiro atoms. The van der Waals surface area contributed by atoms with Crippen LogP contribution in [0.2, 0.25) is 5.02 Å². The fourth-order valence-electron chi connectivity index (χ4n) is 1.90. The van der Waals surface area contributed by atoms with Crippen LogP contribution in [0.1, 0.15) is 33.2 Å². The molecule has 0 heterocycles. The molecule has 2 aromatic rings. The van der Waals surface area contributed by atoms with E-state index in [0.29, 0.717) is 22.8 Å². The molecule has 108 valence electrons. The summed E-state index contributed by atoms with van der Waals surface area (Å²) in [6, 6.07) is 13.7. The lowest BCUT2D eigenvalue weighted by molar-refractivity contribution is 0.0526. The molecule has 21 heavy (non-hydrogen) atoms. The highest BCUT2D eigenvalue weighted by atomic mass is 35.5. The van der Waals surface area contributed by atoms with E-state index in [1.807, 2.05) is 0 Å². The van der Waals surface area contributed by atoms with Crippen molar-refractivity contribution in [3.8, 4) is 0 Å². The predicted octanol–water partition coefficient (Wildman–Crippen LogP) is 3.94. The van der Waals surface area contributed by atoms with Crippen molar-refractivity contribution in [3.05, 3.63) is 70.2 Å². The third kappa shape index (κ3) is 4.17. The summed E-state index contributed by atoms with van der Waals surface area (Å²) in [5.74, 6) is -0.344. The van der Waals surface area contributed by atoms with E-state index in [4.69, 9.17) is 16.3 Å². The lowest BCUT2D eigenvalue weighted by Crippen LogP contribution is -2.06. The maximum Gasteiger partial charge on any atom is 0.338 e. The smallest absolute Gasteiger partial charge is 0.338 e. The summed E-state index contributed by atoms with van der Waals surface area (Å²) in [4.78, 5) is 23.6. The second-order valence-electron chi connectivity index (χ2n) is 4.52. The highest BCUT2D eigenvalue weighted by Gasteiger charge is 2.09. The van der Waals surface area contributed by atoms with Crippen molar-refractivity contribution in [2.75, 3.05) is 6.61 Å². The quantitative estimate of drug-likeness (QED) is 0.620. The first kappa shape index (κ1) is 15.3. The van der Waals surface area contributed by atoms with E-state index in [9.17, 15) is 9.59 Å². The number of esters is 1. The van der Waals surface area contributed by atoms with Gasteiger partial charge in [-0.05, 0) is 48.9 Å². The van der Waals surface area contributed by atoms with Crippen molar-refractivity contribution in [1.29, 1.82) is 0 Å². The van der Waals surface area contributed by atoms with Crippen LogP contribution >= 0.6 is 11.6 Å². The van der Waals surface area contributed by atoms with Crippen molar-refractivity contribution < 1.29 is 14.3 Å². The normalized spacial score (nSPS) is 10.2. The van der Waals surface area contributed by atoms with Crippen molar-refractivity contribution in [3.63, 3.8) is 0 Å². The number of benzene rings is 2. The molecule has 0 aliphatic carbocycles. The number of ketones is 1. The summed E-state index contributed by atoms with van der Waals surface area (Å²) < 4.78 is 4.91. The van der Waals surface area contributed by atoms with Crippen molar-refractivity contribution >= 4 is 23.4 Å². The third-order valence-corrected chi connectivity index (χ3v) is 3.25. The minimum Gasteiger partial charge on any atom is -0.462 e. The molecule has 0 atom stereocenters. The Labute approximate surface area is 128 Å². The molecule has 0 aromatic heterocycles. The standard InChI is InChI=1S/C17H15ClO3/c1-2-21-17(20)14-5-3-12(4-6-14)11-16(19)13-7-9-15(18)10-8-13/h3-10H,2,11H2,1H3. The van der Waals surface area contributed by atoms with Gasteiger partial charge in [0, 0.05) is 17.0 Å². The Morgan fingerprint density at radius 2 is 1.52 bits per heavy atom. The van der Waals surface area contributed by atoms with Gasteiger partial charge in [-0.15, -0.1) is 0 Å². The molecular weight excluding hydrogens is 288 g/mol. The van der Waals surface area contributed by atoms with Gasteiger partial charge in [-0.2, -0.15) is 0 Å². The lowest BCUT2D eigenvalue weighted by Gasteiger charge is -2.04. The number of carbonyl (C=O) groups excluding carboxylic acids is 2. The molecular formula is C17H15ClO3. The molecule has 0 saturated heterocycles. The molecule has 4 heteroatoms. The SMILES string of the molecule is CCOC(=O)c1ccc(CC(=O)c2ccc(Cl)cc2)cc1. The molecule has 2 aromatic carbocycles.